The Morgan fingerprint density at radius 2 is 1.80 bits per heavy atom. The predicted octanol–water partition coefficient (Wildman–Crippen LogP) is 4.35. The summed E-state index contributed by atoms with van der Waals surface area (Å²) >= 11 is 1.21. The van der Waals surface area contributed by atoms with Gasteiger partial charge >= 0.3 is 5.97 Å². The molecule has 1 atom stereocenters. The smallest absolute Gasteiger partial charge is 0.338 e. The number of anilines is 1. The van der Waals surface area contributed by atoms with Crippen molar-refractivity contribution < 1.29 is 28.2 Å². The first-order valence-corrected chi connectivity index (χ1v) is 14.6. The lowest BCUT2D eigenvalue weighted by Crippen LogP contribution is -2.40. The van der Waals surface area contributed by atoms with Crippen LogP contribution in [-0.4, -0.2) is 36.3 Å². The third-order valence-corrected chi connectivity index (χ3v) is 7.67. The molecule has 1 aliphatic heterocycles. The van der Waals surface area contributed by atoms with Crippen LogP contribution in [0.4, 0.5) is 10.1 Å². The molecule has 0 saturated carbocycles. The van der Waals surface area contributed by atoms with Crippen molar-refractivity contribution in [3.8, 4) is 11.5 Å². The van der Waals surface area contributed by atoms with Gasteiger partial charge in [0.15, 0.2) is 22.9 Å². The number of fused-ring (bicyclic) bond motifs is 1. The number of para-hydroxylation sites is 1. The van der Waals surface area contributed by atoms with Gasteiger partial charge in [0.1, 0.15) is 5.82 Å². The van der Waals surface area contributed by atoms with E-state index in [2.05, 4.69) is 10.3 Å². The van der Waals surface area contributed by atoms with Crippen LogP contribution in [0, 0.1) is 5.82 Å². The molecule has 0 radical (unpaired) electrons. The average molecular weight is 616 g/mol. The maximum absolute atomic E-state index is 13.9. The summed E-state index contributed by atoms with van der Waals surface area (Å²) < 4.78 is 32.4. The molecule has 4 aromatic rings. The van der Waals surface area contributed by atoms with Gasteiger partial charge in [-0.15, -0.1) is 0 Å². The highest BCUT2D eigenvalue weighted by Crippen LogP contribution is 2.31. The van der Waals surface area contributed by atoms with Crippen LogP contribution in [0.2, 0.25) is 0 Å². The number of hydrogen-bond acceptors (Lipinski definition) is 8. The molecule has 11 heteroatoms. The maximum Gasteiger partial charge on any atom is 0.338 e. The monoisotopic (exact) mass is 615 g/mol. The van der Waals surface area contributed by atoms with Gasteiger partial charge in [0, 0.05) is 0 Å². The number of nitrogens with one attached hydrogen (secondary N) is 1. The number of aromatic nitrogens is 1. The molecule has 226 valence electrons. The van der Waals surface area contributed by atoms with Crippen molar-refractivity contribution in [1.82, 2.24) is 4.57 Å². The molecule has 1 N–H and O–H groups in total. The number of ether oxygens (including phenoxy) is 3. The second kappa shape index (κ2) is 13.1. The van der Waals surface area contributed by atoms with Crippen molar-refractivity contribution in [3.05, 3.63) is 121 Å². The standard InChI is InChI=1S/C33H30FN3O6S/c1-19(2)43-32(40)29-20(3)35-33-37(30(29)22-10-6-5-7-11-22)31(39)27(44-33)17-21-14-15-25(26(16-21)41-4)42-18-28(38)36-24-13-9-8-12-23(24)34/h5-17,19,30H,18H2,1-4H3,(H,36,38). The number of methoxy groups -OCH3 is 1. The predicted molar refractivity (Wildman–Crippen MR) is 165 cm³/mol. The molecule has 0 saturated heterocycles. The summed E-state index contributed by atoms with van der Waals surface area (Å²) in [6.07, 6.45) is 1.36. The normalized spacial score (nSPS) is 14.6. The number of esters is 1. The number of amides is 1. The van der Waals surface area contributed by atoms with E-state index >= 15 is 0 Å². The summed E-state index contributed by atoms with van der Waals surface area (Å²) in [6, 6.07) is 19.4. The van der Waals surface area contributed by atoms with Gasteiger partial charge in [-0.3, -0.25) is 14.2 Å². The van der Waals surface area contributed by atoms with Crippen LogP contribution in [0.15, 0.2) is 93.9 Å². The van der Waals surface area contributed by atoms with Crippen LogP contribution in [0.5, 0.6) is 11.5 Å². The van der Waals surface area contributed by atoms with Crippen LogP contribution in [0.3, 0.4) is 0 Å². The number of hydrogen-bond donors (Lipinski definition) is 1. The molecule has 0 spiro atoms. The van der Waals surface area contributed by atoms with Gasteiger partial charge in [0.2, 0.25) is 0 Å². The Labute approximate surface area is 256 Å². The number of rotatable bonds is 9. The third-order valence-electron chi connectivity index (χ3n) is 6.69. The first-order chi connectivity index (χ1) is 21.2. The number of carbonyl (C=O) groups is 2. The number of benzene rings is 3. The minimum atomic E-state index is -0.707. The Morgan fingerprint density at radius 1 is 1.07 bits per heavy atom. The summed E-state index contributed by atoms with van der Waals surface area (Å²) in [4.78, 5) is 44.4. The Balaban J connectivity index is 1.45. The van der Waals surface area contributed by atoms with E-state index in [4.69, 9.17) is 14.2 Å². The number of thiazole rings is 1. The molecule has 2 heterocycles. The van der Waals surface area contributed by atoms with Crippen molar-refractivity contribution in [2.75, 3.05) is 19.0 Å². The minimum Gasteiger partial charge on any atom is -0.493 e. The van der Waals surface area contributed by atoms with E-state index in [0.717, 1.165) is 5.56 Å². The fraction of sp³-hybridized carbons (Fsp3) is 0.212. The molecule has 0 aliphatic carbocycles. The fourth-order valence-electron chi connectivity index (χ4n) is 4.75. The quantitative estimate of drug-likeness (QED) is 0.281. The van der Waals surface area contributed by atoms with Gasteiger partial charge < -0.3 is 19.5 Å². The average Bonchev–Trinajstić information content (AvgIpc) is 3.30. The van der Waals surface area contributed by atoms with Gasteiger partial charge in [0.25, 0.3) is 11.5 Å². The van der Waals surface area contributed by atoms with E-state index in [1.54, 1.807) is 51.1 Å². The Morgan fingerprint density at radius 3 is 2.50 bits per heavy atom. The highest BCUT2D eigenvalue weighted by Gasteiger charge is 2.33. The summed E-state index contributed by atoms with van der Waals surface area (Å²) in [7, 11) is 1.46. The van der Waals surface area contributed by atoms with E-state index in [1.807, 2.05) is 30.3 Å². The summed E-state index contributed by atoms with van der Waals surface area (Å²) in [5.41, 5.74) is 1.94. The molecule has 1 aliphatic rings. The molecule has 9 nitrogen and oxygen atoms in total. The second-order valence-corrected chi connectivity index (χ2v) is 11.2. The molecule has 5 rings (SSSR count). The molecule has 0 fully saturated rings. The second-order valence-electron chi connectivity index (χ2n) is 10.2. The molecule has 1 aromatic heterocycles. The van der Waals surface area contributed by atoms with Gasteiger partial charge in [-0.1, -0.05) is 59.9 Å². The van der Waals surface area contributed by atoms with Crippen LogP contribution < -0.4 is 29.7 Å². The lowest BCUT2D eigenvalue weighted by atomic mass is 9.96. The highest BCUT2D eigenvalue weighted by molar-refractivity contribution is 7.07. The molecular weight excluding hydrogens is 585 g/mol. The molecule has 1 unspecified atom stereocenters. The van der Waals surface area contributed by atoms with E-state index in [1.165, 1.54) is 41.2 Å². The topological polar surface area (TPSA) is 108 Å². The highest BCUT2D eigenvalue weighted by atomic mass is 32.1. The third kappa shape index (κ3) is 6.47. The SMILES string of the molecule is COc1cc(C=c2sc3n(c2=O)C(c2ccccc2)C(C(=O)OC(C)C)=C(C)N=3)ccc1OCC(=O)Nc1ccccc1F. The van der Waals surface area contributed by atoms with Gasteiger partial charge in [-0.2, -0.15) is 0 Å². The zero-order valence-electron chi connectivity index (χ0n) is 24.5. The van der Waals surface area contributed by atoms with Crippen molar-refractivity contribution in [2.24, 2.45) is 4.99 Å². The lowest BCUT2D eigenvalue weighted by molar-refractivity contribution is -0.143. The van der Waals surface area contributed by atoms with Crippen molar-refractivity contribution in [2.45, 2.75) is 32.9 Å². The fourth-order valence-corrected chi connectivity index (χ4v) is 5.79. The molecule has 44 heavy (non-hydrogen) atoms. The summed E-state index contributed by atoms with van der Waals surface area (Å²) in [6.45, 7) is 4.91. The van der Waals surface area contributed by atoms with Gasteiger partial charge in [0.05, 0.1) is 40.7 Å². The number of carbonyl (C=O) groups excluding carboxylic acids is 2. The number of nitrogens with zero attached hydrogens (tertiary/aromatic N) is 2. The van der Waals surface area contributed by atoms with Crippen LogP contribution >= 0.6 is 11.3 Å². The molecule has 1 amide bonds. The lowest BCUT2D eigenvalue weighted by Gasteiger charge is -2.25. The minimum absolute atomic E-state index is 0.0542. The maximum atomic E-state index is 13.9. The van der Waals surface area contributed by atoms with Crippen molar-refractivity contribution in [1.29, 1.82) is 0 Å². The zero-order valence-corrected chi connectivity index (χ0v) is 25.3. The van der Waals surface area contributed by atoms with E-state index in [0.29, 0.717) is 37.7 Å². The number of halogens is 1. The molecule has 3 aromatic carbocycles. The van der Waals surface area contributed by atoms with Gasteiger partial charge in [-0.05, 0) is 62.2 Å². The van der Waals surface area contributed by atoms with Gasteiger partial charge in [-0.25, -0.2) is 14.2 Å². The van der Waals surface area contributed by atoms with E-state index in [9.17, 15) is 18.8 Å². The number of allylic oxidation sites excluding steroid dienone is 1. The first kappa shape index (κ1) is 30.4. The van der Waals surface area contributed by atoms with Crippen molar-refractivity contribution in [3.63, 3.8) is 0 Å². The summed E-state index contributed by atoms with van der Waals surface area (Å²) in [5, 5.41) is 2.47. The zero-order chi connectivity index (χ0) is 31.4. The van der Waals surface area contributed by atoms with Crippen molar-refractivity contribution >= 4 is 35.0 Å². The van der Waals surface area contributed by atoms with Crippen LogP contribution in [-0.2, 0) is 14.3 Å². The van der Waals surface area contributed by atoms with Crippen LogP contribution in [0.25, 0.3) is 6.08 Å². The van der Waals surface area contributed by atoms with E-state index < -0.39 is 23.7 Å². The Kier molecular flexibility index (Phi) is 9.05. The largest absolute Gasteiger partial charge is 0.493 e. The Hall–Kier alpha value is -5.03. The summed E-state index contributed by atoms with van der Waals surface area (Å²) in [5.74, 6) is -0.982. The molecular formula is C33H30FN3O6S. The first-order valence-electron chi connectivity index (χ1n) is 13.8. The van der Waals surface area contributed by atoms with E-state index in [-0.39, 0.29) is 24.0 Å². The Bertz CT molecular complexity index is 1930. The van der Waals surface area contributed by atoms with Crippen LogP contribution in [0.1, 0.15) is 37.9 Å². The molecule has 0 bridgehead atoms.